The molecule has 10 heavy (non-hydrogen) atoms. The van der Waals surface area contributed by atoms with E-state index in [4.69, 9.17) is 10.00 Å². The maximum Gasteiger partial charge on any atom is 0.331 e. The Labute approximate surface area is 60.1 Å². The molecular formula is C6H11O3P. The highest BCUT2D eigenvalue weighted by Gasteiger charge is 2.09. The normalized spacial score (nSPS) is 15.8. The van der Waals surface area contributed by atoms with Crippen molar-refractivity contribution in [2.45, 2.75) is 0 Å². The lowest BCUT2D eigenvalue weighted by atomic mass is 10.4. The van der Waals surface area contributed by atoms with Crippen LogP contribution in [0, 0.1) is 0 Å². The Hall–Kier alpha value is -0.530. The zero-order valence-electron chi connectivity index (χ0n) is 5.87. The minimum atomic E-state index is -2.26. The largest absolute Gasteiger partial charge is 0.478 e. The fourth-order valence-electron chi connectivity index (χ4n) is 0.479. The molecule has 2 N–H and O–H groups in total. The molecule has 0 heterocycles. The molecule has 0 aromatic rings. The first-order chi connectivity index (χ1) is 4.33. The number of hydrogen-bond acceptors (Lipinski definition) is 2. The molecule has 0 fully saturated rings. The number of carboxylic acids is 1. The molecule has 0 rings (SSSR count). The van der Waals surface area contributed by atoms with E-state index < -0.39 is 13.1 Å². The van der Waals surface area contributed by atoms with E-state index in [-0.39, 0.29) is 11.7 Å². The van der Waals surface area contributed by atoms with Gasteiger partial charge >= 0.3 is 5.97 Å². The number of hydrogen-bond donors (Lipinski definition) is 2. The molecule has 0 saturated heterocycles. The Morgan fingerprint density at radius 3 is 2.20 bits per heavy atom. The van der Waals surface area contributed by atoms with Gasteiger partial charge in [-0.05, 0) is 13.8 Å². The Morgan fingerprint density at radius 2 is 2.10 bits per heavy atom. The molecule has 58 valence electrons. The molecule has 0 amide bonds. The highest BCUT2D eigenvalue weighted by molar-refractivity contribution is 7.67. The van der Waals surface area contributed by atoms with Gasteiger partial charge in [0.05, 0.1) is 0 Å². The summed E-state index contributed by atoms with van der Waals surface area (Å²) >= 11 is 0. The summed E-state index contributed by atoms with van der Waals surface area (Å²) in [6.07, 6.45) is 3.53. The van der Waals surface area contributed by atoms with E-state index in [1.807, 2.05) is 0 Å². The van der Waals surface area contributed by atoms with Crippen molar-refractivity contribution in [2.75, 3.05) is 12.8 Å². The number of rotatable bonds is 3. The summed E-state index contributed by atoms with van der Waals surface area (Å²) < 4.78 is 0. The van der Waals surface area contributed by atoms with Crippen molar-refractivity contribution in [2.24, 2.45) is 0 Å². The van der Waals surface area contributed by atoms with E-state index in [0.717, 1.165) is 0 Å². The van der Waals surface area contributed by atoms with Gasteiger partial charge in [-0.25, -0.2) is 4.79 Å². The third-order valence-electron chi connectivity index (χ3n) is 0.834. The highest BCUT2D eigenvalue weighted by atomic mass is 31.2. The van der Waals surface area contributed by atoms with E-state index >= 15 is 0 Å². The minimum Gasteiger partial charge on any atom is -0.478 e. The summed E-state index contributed by atoms with van der Waals surface area (Å²) in [7, 11) is -2.26. The Bertz CT molecular complexity index is 201. The third kappa shape index (κ3) is 4.36. The maximum absolute atomic E-state index is 10.2. The van der Waals surface area contributed by atoms with Gasteiger partial charge in [0.25, 0.3) is 0 Å². The molecule has 0 aromatic heterocycles. The van der Waals surface area contributed by atoms with Crippen LogP contribution in [0.5, 0.6) is 0 Å². The van der Waals surface area contributed by atoms with Crippen molar-refractivity contribution in [3.63, 3.8) is 0 Å². The van der Waals surface area contributed by atoms with Crippen LogP contribution >= 0.6 is 7.11 Å². The predicted octanol–water partition coefficient (Wildman–Crippen LogP) is 0.614. The molecule has 0 saturated carbocycles. The van der Waals surface area contributed by atoms with Crippen molar-refractivity contribution in [1.82, 2.24) is 0 Å². The Balaban J connectivity index is 4.07. The van der Waals surface area contributed by atoms with Crippen LogP contribution in [0.25, 0.3) is 0 Å². The Morgan fingerprint density at radius 1 is 1.70 bits per heavy atom. The van der Waals surface area contributed by atoms with Crippen LogP contribution in [-0.2, 0) is 4.79 Å². The third-order valence-corrected chi connectivity index (χ3v) is 1.90. The standard InChI is InChI=1S/C6H11O3P/c1-5(6(7)8)4-10(2,3)9/h9H,1-2,4H2,3H3,(H,7,8). The molecule has 0 aliphatic carbocycles. The van der Waals surface area contributed by atoms with E-state index in [2.05, 4.69) is 12.9 Å². The fraction of sp³-hybridized carbons (Fsp3) is 0.333. The van der Waals surface area contributed by atoms with Crippen molar-refractivity contribution in [1.29, 1.82) is 0 Å². The number of carboxylic acid groups (broad SMARTS) is 1. The lowest BCUT2D eigenvalue weighted by Crippen LogP contribution is -2.03. The molecule has 0 aromatic carbocycles. The molecule has 0 radical (unpaired) electrons. The van der Waals surface area contributed by atoms with Crippen LogP contribution in [0.15, 0.2) is 12.2 Å². The first-order valence-electron chi connectivity index (χ1n) is 2.66. The first kappa shape index (κ1) is 9.47. The molecule has 3 nitrogen and oxygen atoms in total. The SMILES string of the molecule is C=C(CP(=C)(C)O)C(=O)O. The summed E-state index contributed by atoms with van der Waals surface area (Å²) in [6, 6.07) is 0. The second-order valence-electron chi connectivity index (χ2n) is 2.41. The topological polar surface area (TPSA) is 57.5 Å². The molecular weight excluding hydrogens is 151 g/mol. The zero-order valence-corrected chi connectivity index (χ0v) is 6.77. The van der Waals surface area contributed by atoms with Crippen LogP contribution < -0.4 is 0 Å². The molecule has 0 aliphatic rings. The van der Waals surface area contributed by atoms with E-state index in [1.54, 1.807) is 6.66 Å². The smallest absolute Gasteiger partial charge is 0.331 e. The summed E-state index contributed by atoms with van der Waals surface area (Å²) in [5.41, 5.74) is 0.0216. The molecule has 1 atom stereocenters. The highest BCUT2D eigenvalue weighted by Crippen LogP contribution is 2.36. The van der Waals surface area contributed by atoms with Gasteiger partial charge in [0, 0.05) is 11.7 Å². The van der Waals surface area contributed by atoms with Crippen LogP contribution in [-0.4, -0.2) is 35.1 Å². The van der Waals surface area contributed by atoms with Gasteiger partial charge in [0.15, 0.2) is 0 Å². The van der Waals surface area contributed by atoms with Gasteiger partial charge in [-0.2, -0.15) is 0 Å². The zero-order chi connectivity index (χ0) is 8.36. The molecule has 0 bridgehead atoms. The lowest BCUT2D eigenvalue weighted by Gasteiger charge is -2.09. The number of aliphatic carboxylic acids is 1. The summed E-state index contributed by atoms with van der Waals surface area (Å²) in [5, 5.41) is 8.32. The second kappa shape index (κ2) is 3.04. The minimum absolute atomic E-state index is 0.0216. The molecule has 1 unspecified atom stereocenters. The van der Waals surface area contributed by atoms with E-state index in [1.165, 1.54) is 0 Å². The monoisotopic (exact) mass is 162 g/mol. The molecule has 0 spiro atoms. The lowest BCUT2D eigenvalue weighted by molar-refractivity contribution is -0.132. The second-order valence-corrected chi connectivity index (χ2v) is 5.40. The molecule has 0 aliphatic heterocycles. The average molecular weight is 162 g/mol. The van der Waals surface area contributed by atoms with Gasteiger partial charge in [0.2, 0.25) is 0 Å². The van der Waals surface area contributed by atoms with Crippen LogP contribution in [0.1, 0.15) is 0 Å². The van der Waals surface area contributed by atoms with Crippen molar-refractivity contribution < 1.29 is 14.8 Å². The van der Waals surface area contributed by atoms with Crippen LogP contribution in [0.4, 0.5) is 0 Å². The first-order valence-corrected chi connectivity index (χ1v) is 5.22. The summed E-state index contributed by atoms with van der Waals surface area (Å²) in [5.74, 6) is -1.07. The van der Waals surface area contributed by atoms with Crippen LogP contribution in [0.2, 0.25) is 0 Å². The van der Waals surface area contributed by atoms with Gasteiger partial charge in [0.1, 0.15) is 0 Å². The fourth-order valence-corrected chi connectivity index (χ4v) is 1.44. The predicted molar refractivity (Wildman–Crippen MR) is 43.8 cm³/mol. The molecule has 4 heteroatoms. The average Bonchev–Trinajstić information content (AvgIpc) is 1.60. The van der Waals surface area contributed by atoms with Gasteiger partial charge in [-0.15, -0.1) is 0 Å². The van der Waals surface area contributed by atoms with Crippen molar-refractivity contribution >= 4 is 19.4 Å². The summed E-state index contributed by atoms with van der Waals surface area (Å²) in [4.78, 5) is 19.3. The van der Waals surface area contributed by atoms with Crippen molar-refractivity contribution in [3.8, 4) is 0 Å². The quantitative estimate of drug-likeness (QED) is 0.472. The van der Waals surface area contributed by atoms with Gasteiger partial charge in [-0.3, -0.25) is 0 Å². The maximum atomic E-state index is 10.2. The van der Waals surface area contributed by atoms with Crippen molar-refractivity contribution in [3.05, 3.63) is 12.2 Å². The van der Waals surface area contributed by atoms with E-state index in [0.29, 0.717) is 0 Å². The van der Waals surface area contributed by atoms with Crippen LogP contribution in [0.3, 0.4) is 0 Å². The summed E-state index contributed by atoms with van der Waals surface area (Å²) in [6.45, 7) is 4.81. The van der Waals surface area contributed by atoms with Gasteiger partial charge in [-0.1, -0.05) is 12.9 Å². The van der Waals surface area contributed by atoms with Gasteiger partial charge < -0.3 is 10.00 Å². The Kier molecular flexibility index (Phi) is 2.88. The van der Waals surface area contributed by atoms with E-state index in [9.17, 15) is 4.79 Å². The number of carbonyl (C=O) groups is 1.